The molecule has 0 amide bonds. The standard InChI is InChI=1S/C31H35N7/c1-21(2)38-15-13-37(14-16-38)20-24-5-6-26(35-18-24)7-8-28-23(4)34-19-25(17-32)31(28)36-29-9-10-30-27(22(29)3)11-12-33-30/h5-12,18-19,21,33H,13-16,20H2,1-4H3,(H,34,36)/b8-7+. The maximum absolute atomic E-state index is 9.83. The molecule has 4 aromatic rings. The number of anilines is 2. The number of aromatic nitrogens is 3. The van der Waals surface area contributed by atoms with Crippen molar-refractivity contribution in [2.45, 2.75) is 40.3 Å². The Balaban J connectivity index is 1.34. The topological polar surface area (TPSA) is 83.9 Å². The van der Waals surface area contributed by atoms with Gasteiger partial charge in [0.25, 0.3) is 0 Å². The van der Waals surface area contributed by atoms with Gasteiger partial charge in [0.15, 0.2) is 0 Å². The van der Waals surface area contributed by atoms with E-state index in [4.69, 9.17) is 4.98 Å². The SMILES string of the molecule is Cc1ncc(C#N)c(Nc2ccc3[nH]ccc3c2C)c1/C=C/c1ccc(CN2CCN(C(C)C)CC2)cn1. The summed E-state index contributed by atoms with van der Waals surface area (Å²) in [6.45, 7) is 13.9. The summed E-state index contributed by atoms with van der Waals surface area (Å²) in [6.07, 6.45) is 9.54. The van der Waals surface area contributed by atoms with Crippen molar-refractivity contribution < 1.29 is 0 Å². The zero-order valence-electron chi connectivity index (χ0n) is 22.6. The van der Waals surface area contributed by atoms with Crippen molar-refractivity contribution in [3.8, 4) is 6.07 Å². The molecule has 0 unspecified atom stereocenters. The first-order valence-corrected chi connectivity index (χ1v) is 13.3. The van der Waals surface area contributed by atoms with Gasteiger partial charge in [0, 0.05) is 85.2 Å². The Kier molecular flexibility index (Phi) is 7.54. The molecule has 0 bridgehead atoms. The molecule has 1 aliphatic rings. The number of benzene rings is 1. The third-order valence-corrected chi connectivity index (χ3v) is 7.51. The largest absolute Gasteiger partial charge is 0.361 e. The summed E-state index contributed by atoms with van der Waals surface area (Å²) >= 11 is 0. The number of H-pyrrole nitrogens is 1. The highest BCUT2D eigenvalue weighted by Crippen LogP contribution is 2.32. The molecule has 4 heterocycles. The van der Waals surface area contributed by atoms with Crippen LogP contribution in [0.3, 0.4) is 0 Å². The van der Waals surface area contributed by atoms with Crippen LogP contribution < -0.4 is 5.32 Å². The van der Waals surface area contributed by atoms with Crippen LogP contribution in [-0.2, 0) is 6.54 Å². The second kappa shape index (κ2) is 11.2. The Labute approximate surface area is 224 Å². The van der Waals surface area contributed by atoms with Crippen molar-refractivity contribution >= 4 is 34.4 Å². The molecule has 0 aliphatic carbocycles. The fourth-order valence-corrected chi connectivity index (χ4v) is 5.09. The lowest BCUT2D eigenvalue weighted by Crippen LogP contribution is -2.48. The van der Waals surface area contributed by atoms with Crippen LogP contribution in [0.1, 0.15) is 47.5 Å². The Morgan fingerprint density at radius 2 is 1.84 bits per heavy atom. The van der Waals surface area contributed by atoms with E-state index < -0.39 is 0 Å². The van der Waals surface area contributed by atoms with Crippen LogP contribution >= 0.6 is 0 Å². The van der Waals surface area contributed by atoms with Crippen LogP contribution in [-0.4, -0.2) is 57.0 Å². The van der Waals surface area contributed by atoms with Gasteiger partial charge in [-0.2, -0.15) is 5.26 Å². The molecule has 5 rings (SSSR count). The number of aryl methyl sites for hydroxylation is 2. The molecular formula is C31H35N7. The van der Waals surface area contributed by atoms with Crippen molar-refractivity contribution in [2.24, 2.45) is 0 Å². The van der Waals surface area contributed by atoms with Crippen LogP contribution in [0.4, 0.5) is 11.4 Å². The van der Waals surface area contributed by atoms with Gasteiger partial charge in [-0.25, -0.2) is 0 Å². The van der Waals surface area contributed by atoms with Crippen LogP contribution in [0.5, 0.6) is 0 Å². The third kappa shape index (κ3) is 5.47. The van der Waals surface area contributed by atoms with E-state index in [1.807, 2.05) is 37.5 Å². The zero-order valence-corrected chi connectivity index (χ0v) is 22.6. The van der Waals surface area contributed by atoms with E-state index in [2.05, 4.69) is 76.2 Å². The first-order chi connectivity index (χ1) is 18.4. The number of nitrogens with zero attached hydrogens (tertiary/aromatic N) is 5. The lowest BCUT2D eigenvalue weighted by molar-refractivity contribution is 0.104. The van der Waals surface area contributed by atoms with E-state index >= 15 is 0 Å². The third-order valence-electron chi connectivity index (χ3n) is 7.51. The second-order valence-corrected chi connectivity index (χ2v) is 10.3. The molecule has 7 nitrogen and oxygen atoms in total. The Morgan fingerprint density at radius 1 is 1.03 bits per heavy atom. The van der Waals surface area contributed by atoms with Crippen LogP contribution in [0, 0.1) is 25.2 Å². The van der Waals surface area contributed by atoms with Gasteiger partial charge in [0.2, 0.25) is 0 Å². The molecule has 38 heavy (non-hydrogen) atoms. The lowest BCUT2D eigenvalue weighted by atomic mass is 10.0. The number of pyridine rings is 2. The molecule has 3 aromatic heterocycles. The molecular weight excluding hydrogens is 470 g/mol. The Morgan fingerprint density at radius 3 is 2.55 bits per heavy atom. The molecule has 1 fully saturated rings. The lowest BCUT2D eigenvalue weighted by Gasteiger charge is -2.36. The number of hydrogen-bond acceptors (Lipinski definition) is 6. The first-order valence-electron chi connectivity index (χ1n) is 13.3. The van der Waals surface area contributed by atoms with Gasteiger partial charge in [-0.1, -0.05) is 6.07 Å². The van der Waals surface area contributed by atoms with E-state index in [-0.39, 0.29) is 0 Å². The van der Waals surface area contributed by atoms with Crippen molar-refractivity contribution in [3.05, 3.63) is 82.6 Å². The number of nitriles is 1. The maximum atomic E-state index is 9.83. The zero-order chi connectivity index (χ0) is 26.6. The Bertz CT molecular complexity index is 1480. The minimum Gasteiger partial charge on any atom is -0.361 e. The van der Waals surface area contributed by atoms with E-state index in [0.717, 1.165) is 77.5 Å². The summed E-state index contributed by atoms with van der Waals surface area (Å²) in [7, 11) is 0. The number of nitrogens with one attached hydrogen (secondary N) is 2. The van der Waals surface area contributed by atoms with Gasteiger partial charge in [-0.05, 0) is 75.2 Å². The second-order valence-electron chi connectivity index (χ2n) is 10.3. The first kappa shape index (κ1) is 25.7. The summed E-state index contributed by atoms with van der Waals surface area (Å²) < 4.78 is 0. The highest BCUT2D eigenvalue weighted by Gasteiger charge is 2.19. The van der Waals surface area contributed by atoms with Crippen LogP contribution in [0.2, 0.25) is 0 Å². The number of rotatable bonds is 7. The smallest absolute Gasteiger partial charge is 0.103 e. The van der Waals surface area contributed by atoms with E-state index in [0.29, 0.717) is 11.6 Å². The van der Waals surface area contributed by atoms with Gasteiger partial charge in [-0.3, -0.25) is 19.8 Å². The van der Waals surface area contributed by atoms with Crippen LogP contribution in [0.25, 0.3) is 23.1 Å². The fraction of sp³-hybridized carbons (Fsp3) is 0.323. The van der Waals surface area contributed by atoms with Crippen molar-refractivity contribution in [3.63, 3.8) is 0 Å². The molecule has 7 heteroatoms. The van der Waals surface area contributed by atoms with Gasteiger partial charge >= 0.3 is 0 Å². The molecule has 194 valence electrons. The molecule has 0 radical (unpaired) electrons. The summed E-state index contributed by atoms with van der Waals surface area (Å²) in [4.78, 5) is 17.5. The predicted molar refractivity (Wildman–Crippen MR) is 155 cm³/mol. The quantitative estimate of drug-likeness (QED) is 0.326. The van der Waals surface area contributed by atoms with E-state index in [1.54, 1.807) is 6.20 Å². The molecule has 0 spiro atoms. The number of fused-ring (bicyclic) bond motifs is 1. The minimum absolute atomic E-state index is 0.504. The van der Waals surface area contributed by atoms with Crippen molar-refractivity contribution in [1.29, 1.82) is 5.26 Å². The number of piperazine rings is 1. The van der Waals surface area contributed by atoms with Gasteiger partial charge in [0.05, 0.1) is 16.9 Å². The molecule has 0 atom stereocenters. The molecule has 1 saturated heterocycles. The predicted octanol–water partition coefficient (Wildman–Crippen LogP) is 5.89. The van der Waals surface area contributed by atoms with Gasteiger partial charge < -0.3 is 10.3 Å². The highest BCUT2D eigenvalue weighted by molar-refractivity contribution is 5.90. The van der Waals surface area contributed by atoms with Crippen molar-refractivity contribution in [1.82, 2.24) is 24.8 Å². The summed E-state index contributed by atoms with van der Waals surface area (Å²) in [5.74, 6) is 0. The Hall–Kier alpha value is -3.99. The number of aromatic amines is 1. The fourth-order valence-electron chi connectivity index (χ4n) is 5.09. The molecule has 1 aromatic carbocycles. The van der Waals surface area contributed by atoms with E-state index in [9.17, 15) is 5.26 Å². The van der Waals surface area contributed by atoms with Crippen molar-refractivity contribution in [2.75, 3.05) is 31.5 Å². The number of hydrogen-bond donors (Lipinski definition) is 2. The normalized spacial score (nSPS) is 14.9. The highest BCUT2D eigenvalue weighted by atomic mass is 15.3. The van der Waals surface area contributed by atoms with E-state index in [1.165, 1.54) is 5.56 Å². The van der Waals surface area contributed by atoms with Crippen LogP contribution in [0.15, 0.2) is 48.9 Å². The molecule has 1 aliphatic heterocycles. The molecule has 2 N–H and O–H groups in total. The van der Waals surface area contributed by atoms with Gasteiger partial charge in [-0.15, -0.1) is 0 Å². The average Bonchev–Trinajstić information content (AvgIpc) is 3.41. The summed E-state index contributed by atoms with van der Waals surface area (Å²) in [6, 6.07) is 13.3. The molecule has 0 saturated carbocycles. The minimum atomic E-state index is 0.504. The summed E-state index contributed by atoms with van der Waals surface area (Å²) in [5.41, 5.74) is 8.26. The van der Waals surface area contributed by atoms with Gasteiger partial charge in [0.1, 0.15) is 6.07 Å². The summed E-state index contributed by atoms with van der Waals surface area (Å²) in [5, 5.41) is 14.5. The monoisotopic (exact) mass is 505 g/mol. The maximum Gasteiger partial charge on any atom is 0.103 e. The average molecular weight is 506 g/mol.